The van der Waals surface area contributed by atoms with Gasteiger partial charge in [0.15, 0.2) is 11.5 Å². The van der Waals surface area contributed by atoms with Crippen LogP contribution in [0.2, 0.25) is 0 Å². The van der Waals surface area contributed by atoms with Crippen LogP contribution in [-0.4, -0.2) is 56.7 Å². The zero-order valence-corrected chi connectivity index (χ0v) is 18.3. The molecule has 1 atom stereocenters. The van der Waals surface area contributed by atoms with Gasteiger partial charge in [-0.1, -0.05) is 36.4 Å². The number of nitrogens with zero attached hydrogens (tertiary/aromatic N) is 2. The predicted molar refractivity (Wildman–Crippen MR) is 120 cm³/mol. The van der Waals surface area contributed by atoms with Gasteiger partial charge < -0.3 is 14.4 Å². The first-order valence-corrected chi connectivity index (χ1v) is 10.9. The molecule has 4 nitrogen and oxygen atoms in total. The Kier molecular flexibility index (Phi) is 8.38. The number of piperidine rings is 1. The second kappa shape index (κ2) is 11.2. The molecule has 2 aromatic rings. The fraction of sp³-hybridized carbons (Fsp3) is 0.520. The molecule has 0 aliphatic carbocycles. The van der Waals surface area contributed by atoms with Crippen LogP contribution in [0.5, 0.6) is 11.5 Å². The molecule has 0 N–H and O–H groups in total. The van der Waals surface area contributed by atoms with Crippen molar-refractivity contribution in [1.82, 2.24) is 9.80 Å². The van der Waals surface area contributed by atoms with Crippen molar-refractivity contribution in [3.63, 3.8) is 0 Å². The quantitative estimate of drug-likeness (QED) is 0.591. The molecule has 3 rings (SSSR count). The molecular formula is C25H36N2O2. The maximum atomic E-state index is 5.79. The van der Waals surface area contributed by atoms with Crippen molar-refractivity contribution in [3.05, 3.63) is 59.7 Å². The second-order valence-electron chi connectivity index (χ2n) is 8.16. The van der Waals surface area contributed by atoms with Crippen molar-refractivity contribution in [3.8, 4) is 11.5 Å². The average molecular weight is 397 g/mol. The number of hydrogen-bond acceptors (Lipinski definition) is 4. The third-order valence-corrected chi connectivity index (χ3v) is 5.73. The van der Waals surface area contributed by atoms with E-state index in [4.69, 9.17) is 9.47 Å². The number of benzene rings is 2. The molecule has 1 aliphatic heterocycles. The molecule has 0 bridgehead atoms. The highest BCUT2D eigenvalue weighted by molar-refractivity contribution is 5.43. The van der Waals surface area contributed by atoms with E-state index in [0.717, 1.165) is 43.5 Å². The van der Waals surface area contributed by atoms with Crippen molar-refractivity contribution in [2.75, 3.05) is 46.9 Å². The van der Waals surface area contributed by atoms with Crippen LogP contribution in [0.25, 0.3) is 0 Å². The van der Waals surface area contributed by atoms with Gasteiger partial charge in [-0.3, -0.25) is 4.90 Å². The van der Waals surface area contributed by atoms with Crippen LogP contribution in [0.3, 0.4) is 0 Å². The van der Waals surface area contributed by atoms with Crippen LogP contribution < -0.4 is 9.47 Å². The van der Waals surface area contributed by atoms with Crippen molar-refractivity contribution in [2.24, 2.45) is 5.92 Å². The highest BCUT2D eigenvalue weighted by Gasteiger charge is 2.20. The average Bonchev–Trinajstić information content (AvgIpc) is 2.73. The maximum absolute atomic E-state index is 5.79. The molecule has 1 fully saturated rings. The highest BCUT2D eigenvalue weighted by Crippen LogP contribution is 2.29. The molecule has 0 aromatic heterocycles. The molecule has 0 spiro atoms. The summed E-state index contributed by atoms with van der Waals surface area (Å²) in [4.78, 5) is 5.10. The third-order valence-electron chi connectivity index (χ3n) is 5.73. The Morgan fingerprint density at radius 1 is 1.07 bits per heavy atom. The summed E-state index contributed by atoms with van der Waals surface area (Å²) in [6.07, 6.45) is 3.72. The maximum Gasteiger partial charge on any atom is 0.161 e. The lowest BCUT2D eigenvalue weighted by atomic mass is 9.97. The lowest BCUT2D eigenvalue weighted by molar-refractivity contribution is 0.148. The Bertz CT molecular complexity index is 735. The number of ether oxygens (including phenoxy) is 2. The largest absolute Gasteiger partial charge is 0.493 e. The fourth-order valence-corrected chi connectivity index (χ4v) is 4.30. The van der Waals surface area contributed by atoms with Gasteiger partial charge in [0.2, 0.25) is 0 Å². The number of likely N-dealkylation sites (tertiary alicyclic amines) is 1. The third kappa shape index (κ3) is 6.76. The Hall–Kier alpha value is -2.04. The predicted octanol–water partition coefficient (Wildman–Crippen LogP) is 4.48. The van der Waals surface area contributed by atoms with Crippen molar-refractivity contribution >= 4 is 0 Å². The molecule has 1 saturated heterocycles. The number of hydrogen-bond donors (Lipinski definition) is 0. The minimum atomic E-state index is 0.645. The smallest absolute Gasteiger partial charge is 0.161 e. The van der Waals surface area contributed by atoms with Gasteiger partial charge in [-0.05, 0) is 69.0 Å². The second-order valence-corrected chi connectivity index (χ2v) is 8.16. The molecule has 158 valence electrons. The number of rotatable bonds is 10. The summed E-state index contributed by atoms with van der Waals surface area (Å²) in [5.41, 5.74) is 2.69. The first kappa shape index (κ1) is 21.7. The van der Waals surface area contributed by atoms with Gasteiger partial charge in [-0.2, -0.15) is 0 Å². The Balaban J connectivity index is 1.70. The van der Waals surface area contributed by atoms with Gasteiger partial charge in [0.05, 0.1) is 13.7 Å². The van der Waals surface area contributed by atoms with Gasteiger partial charge in [0.1, 0.15) is 0 Å². The normalized spacial score (nSPS) is 17.4. The molecule has 1 heterocycles. The van der Waals surface area contributed by atoms with E-state index < -0.39 is 0 Å². The first-order valence-electron chi connectivity index (χ1n) is 10.9. The Morgan fingerprint density at radius 3 is 2.62 bits per heavy atom. The van der Waals surface area contributed by atoms with Gasteiger partial charge in [-0.25, -0.2) is 0 Å². The van der Waals surface area contributed by atoms with Gasteiger partial charge >= 0.3 is 0 Å². The van der Waals surface area contributed by atoms with E-state index in [2.05, 4.69) is 59.3 Å². The van der Waals surface area contributed by atoms with Crippen LogP contribution in [0.15, 0.2) is 48.5 Å². The number of methoxy groups -OCH3 is 1. The Morgan fingerprint density at radius 2 is 1.90 bits per heavy atom. The first-order chi connectivity index (χ1) is 14.2. The monoisotopic (exact) mass is 396 g/mol. The molecule has 1 aliphatic rings. The van der Waals surface area contributed by atoms with Crippen LogP contribution in [0.1, 0.15) is 30.9 Å². The van der Waals surface area contributed by atoms with Gasteiger partial charge in [-0.15, -0.1) is 0 Å². The van der Waals surface area contributed by atoms with Crippen LogP contribution in [-0.2, 0) is 13.0 Å². The summed E-state index contributed by atoms with van der Waals surface area (Å²) in [6, 6.07) is 17.2. The van der Waals surface area contributed by atoms with E-state index in [1.54, 1.807) is 7.11 Å². The van der Waals surface area contributed by atoms with E-state index in [1.807, 2.05) is 13.0 Å². The Labute approximate surface area is 176 Å². The summed E-state index contributed by atoms with van der Waals surface area (Å²) in [5.74, 6) is 2.39. The lowest BCUT2D eigenvalue weighted by Crippen LogP contribution is -2.39. The summed E-state index contributed by atoms with van der Waals surface area (Å²) >= 11 is 0. The molecule has 29 heavy (non-hydrogen) atoms. The van der Waals surface area contributed by atoms with E-state index in [1.165, 1.54) is 37.1 Å². The van der Waals surface area contributed by atoms with Crippen LogP contribution >= 0.6 is 0 Å². The minimum Gasteiger partial charge on any atom is -0.493 e. The fourth-order valence-electron chi connectivity index (χ4n) is 4.30. The zero-order valence-electron chi connectivity index (χ0n) is 18.3. The molecule has 4 heteroatoms. The molecule has 0 radical (unpaired) electrons. The van der Waals surface area contributed by atoms with E-state index >= 15 is 0 Å². The zero-order chi connectivity index (χ0) is 20.5. The van der Waals surface area contributed by atoms with E-state index in [0.29, 0.717) is 6.61 Å². The summed E-state index contributed by atoms with van der Waals surface area (Å²) in [5, 5.41) is 0. The highest BCUT2D eigenvalue weighted by atomic mass is 16.5. The summed E-state index contributed by atoms with van der Waals surface area (Å²) in [7, 11) is 3.95. The lowest BCUT2D eigenvalue weighted by Gasteiger charge is -2.34. The van der Waals surface area contributed by atoms with Crippen molar-refractivity contribution in [2.45, 2.75) is 32.7 Å². The molecule has 0 saturated carbocycles. The van der Waals surface area contributed by atoms with E-state index in [-0.39, 0.29) is 0 Å². The van der Waals surface area contributed by atoms with Crippen molar-refractivity contribution in [1.29, 1.82) is 0 Å². The summed E-state index contributed by atoms with van der Waals surface area (Å²) in [6.45, 7) is 8.25. The van der Waals surface area contributed by atoms with Gasteiger partial charge in [0.25, 0.3) is 0 Å². The molecule has 2 aromatic carbocycles. The SMILES string of the molecule is CCOc1cc(CN(CCc2ccccc2)CC2CCCN(C)C2)ccc1OC. The standard InChI is InChI=1S/C25H36N2O2/c1-4-29-25-17-22(12-13-24(25)28-3)19-27(16-14-21-9-6-5-7-10-21)20-23-11-8-15-26(2)18-23/h5-7,9-10,12-13,17,23H,4,8,11,14-16,18-20H2,1-3H3. The topological polar surface area (TPSA) is 24.9 Å². The van der Waals surface area contributed by atoms with Crippen LogP contribution in [0, 0.1) is 5.92 Å². The van der Waals surface area contributed by atoms with Crippen molar-refractivity contribution < 1.29 is 9.47 Å². The molecule has 1 unspecified atom stereocenters. The van der Waals surface area contributed by atoms with E-state index in [9.17, 15) is 0 Å². The minimum absolute atomic E-state index is 0.645. The molecule has 0 amide bonds. The summed E-state index contributed by atoms with van der Waals surface area (Å²) < 4.78 is 11.2. The molecular weight excluding hydrogens is 360 g/mol. The van der Waals surface area contributed by atoms with Crippen LogP contribution in [0.4, 0.5) is 0 Å². The van der Waals surface area contributed by atoms with Gasteiger partial charge in [0, 0.05) is 26.2 Å².